The van der Waals surface area contributed by atoms with Crippen LogP contribution in [0.1, 0.15) is 0 Å². The largest absolute Gasteiger partial charge is 1.00 e. The molecule has 0 radical (unpaired) electrons. The zero-order valence-corrected chi connectivity index (χ0v) is 13.6. The van der Waals surface area contributed by atoms with Crippen molar-refractivity contribution < 1.29 is 26.8 Å². The molecule has 0 atom stereocenters. The molecular weight excluding hydrogens is 348 g/mol. The van der Waals surface area contributed by atoms with Gasteiger partial charge in [-0.3, -0.25) is 20.2 Å². The molecular formula is C16H11ClN4O4. The van der Waals surface area contributed by atoms with Crippen molar-refractivity contribution in [2.24, 2.45) is 7.05 Å². The second-order valence-electron chi connectivity index (χ2n) is 5.55. The summed E-state index contributed by atoms with van der Waals surface area (Å²) in [5.41, 5.74) is 1.99. The fourth-order valence-corrected chi connectivity index (χ4v) is 3.18. The SMILES string of the molecule is C[n+]1c2ccccc2cc2[nH]c3c([N+](=O)[O-])cc([N+](=O)[O-])cc3c21.[Cl-]. The standard InChI is InChI=1S/C16H10N4O4.ClH/c1-18-13-5-3-2-4-9(13)6-12-16(18)11-7-10(19(21)22)8-14(20(23)24)15(11)17-12;/h2-8H,1H3;1H. The lowest BCUT2D eigenvalue weighted by Crippen LogP contribution is -3.00. The molecule has 4 aromatic rings. The summed E-state index contributed by atoms with van der Waals surface area (Å²) >= 11 is 0. The highest BCUT2D eigenvalue weighted by Gasteiger charge is 2.26. The summed E-state index contributed by atoms with van der Waals surface area (Å²) in [6.45, 7) is 0. The van der Waals surface area contributed by atoms with Crippen LogP contribution in [0.2, 0.25) is 0 Å². The number of nitro benzene ring substituents is 2. The lowest BCUT2D eigenvalue weighted by Gasteiger charge is -1.98. The van der Waals surface area contributed by atoms with E-state index in [1.165, 1.54) is 6.07 Å². The molecule has 0 bridgehead atoms. The number of pyridine rings is 1. The van der Waals surface area contributed by atoms with Gasteiger partial charge in [0.15, 0.2) is 0 Å². The quantitative estimate of drug-likeness (QED) is 0.312. The minimum Gasteiger partial charge on any atom is -1.00 e. The number of halogens is 1. The van der Waals surface area contributed by atoms with Crippen LogP contribution >= 0.6 is 0 Å². The molecule has 0 unspecified atom stereocenters. The number of para-hydroxylation sites is 1. The van der Waals surface area contributed by atoms with Crippen LogP contribution in [0.25, 0.3) is 32.8 Å². The Balaban J connectivity index is 0.00000182. The minimum atomic E-state index is -0.619. The van der Waals surface area contributed by atoms with Crippen molar-refractivity contribution in [1.82, 2.24) is 4.98 Å². The fraction of sp³-hybridized carbons (Fsp3) is 0.0625. The van der Waals surface area contributed by atoms with Crippen LogP contribution < -0.4 is 17.0 Å². The van der Waals surface area contributed by atoms with E-state index in [0.29, 0.717) is 16.4 Å². The van der Waals surface area contributed by atoms with Crippen molar-refractivity contribution in [2.75, 3.05) is 0 Å². The Hall–Kier alpha value is -3.26. The van der Waals surface area contributed by atoms with Crippen molar-refractivity contribution in [3.05, 3.63) is 62.7 Å². The molecule has 2 heterocycles. The summed E-state index contributed by atoms with van der Waals surface area (Å²) < 4.78 is 1.89. The highest BCUT2D eigenvalue weighted by molar-refractivity contribution is 6.09. The second-order valence-corrected chi connectivity index (χ2v) is 5.55. The number of aryl methyl sites for hydroxylation is 1. The molecule has 4 rings (SSSR count). The van der Waals surface area contributed by atoms with Gasteiger partial charge in [0, 0.05) is 17.5 Å². The van der Waals surface area contributed by atoms with Crippen LogP contribution in [0, 0.1) is 20.2 Å². The molecule has 0 amide bonds. The van der Waals surface area contributed by atoms with Crippen LogP contribution in [0.4, 0.5) is 11.4 Å². The van der Waals surface area contributed by atoms with Gasteiger partial charge in [0.1, 0.15) is 18.1 Å². The zero-order chi connectivity index (χ0) is 17.0. The molecule has 2 aromatic carbocycles. The normalized spacial score (nSPS) is 10.9. The van der Waals surface area contributed by atoms with Gasteiger partial charge in [-0.1, -0.05) is 12.1 Å². The first kappa shape index (κ1) is 16.6. The molecule has 0 aliphatic carbocycles. The van der Waals surface area contributed by atoms with Gasteiger partial charge in [0.05, 0.1) is 21.3 Å². The third-order valence-electron chi connectivity index (χ3n) is 4.21. The molecule has 1 N–H and O–H groups in total. The Morgan fingerprint density at radius 1 is 1.04 bits per heavy atom. The van der Waals surface area contributed by atoms with Crippen molar-refractivity contribution in [1.29, 1.82) is 0 Å². The van der Waals surface area contributed by atoms with Crippen molar-refractivity contribution in [3.8, 4) is 0 Å². The summed E-state index contributed by atoms with van der Waals surface area (Å²) in [5, 5.41) is 23.9. The van der Waals surface area contributed by atoms with Gasteiger partial charge < -0.3 is 17.4 Å². The second kappa shape index (κ2) is 5.67. The van der Waals surface area contributed by atoms with Gasteiger partial charge in [0.2, 0.25) is 11.0 Å². The van der Waals surface area contributed by atoms with Crippen molar-refractivity contribution in [2.45, 2.75) is 0 Å². The number of nitrogens with zero attached hydrogens (tertiary/aromatic N) is 3. The molecule has 0 fully saturated rings. The highest BCUT2D eigenvalue weighted by atomic mass is 35.5. The first-order valence-corrected chi connectivity index (χ1v) is 7.13. The van der Waals surface area contributed by atoms with E-state index in [1.54, 1.807) is 0 Å². The number of hydrogen-bond acceptors (Lipinski definition) is 4. The molecule has 0 saturated carbocycles. The summed E-state index contributed by atoms with van der Waals surface area (Å²) in [4.78, 5) is 24.3. The monoisotopic (exact) mass is 358 g/mol. The van der Waals surface area contributed by atoms with Crippen LogP contribution in [0.3, 0.4) is 0 Å². The Labute approximate surface area is 146 Å². The summed E-state index contributed by atoms with van der Waals surface area (Å²) in [6, 6.07) is 11.9. The van der Waals surface area contributed by atoms with Crippen LogP contribution in [-0.2, 0) is 7.05 Å². The number of fused-ring (bicyclic) bond motifs is 4. The van der Waals surface area contributed by atoms with Gasteiger partial charge in [-0.2, -0.15) is 4.57 Å². The molecule has 8 nitrogen and oxygen atoms in total. The maximum Gasteiger partial charge on any atom is 0.300 e. The Kier molecular flexibility index (Phi) is 3.77. The average Bonchev–Trinajstić information content (AvgIpc) is 2.92. The van der Waals surface area contributed by atoms with E-state index >= 15 is 0 Å². The first-order chi connectivity index (χ1) is 11.5. The Bertz CT molecular complexity index is 1190. The summed E-state index contributed by atoms with van der Waals surface area (Å²) in [7, 11) is 1.84. The Morgan fingerprint density at radius 2 is 1.76 bits per heavy atom. The van der Waals surface area contributed by atoms with Crippen molar-refractivity contribution >= 4 is 44.2 Å². The highest BCUT2D eigenvalue weighted by Crippen LogP contribution is 2.34. The van der Waals surface area contributed by atoms with Crippen LogP contribution in [-0.4, -0.2) is 14.8 Å². The minimum absolute atomic E-state index is 0. The van der Waals surface area contributed by atoms with E-state index in [4.69, 9.17) is 0 Å². The molecule has 0 spiro atoms. The third kappa shape index (κ3) is 2.34. The summed E-state index contributed by atoms with van der Waals surface area (Å²) in [6.07, 6.45) is 0. The smallest absolute Gasteiger partial charge is 0.300 e. The number of benzene rings is 2. The van der Waals surface area contributed by atoms with E-state index in [-0.39, 0.29) is 29.3 Å². The van der Waals surface area contributed by atoms with Crippen molar-refractivity contribution in [3.63, 3.8) is 0 Å². The number of rotatable bonds is 2. The maximum absolute atomic E-state index is 11.3. The maximum atomic E-state index is 11.3. The van der Waals surface area contributed by atoms with E-state index in [2.05, 4.69) is 4.98 Å². The number of hydrogen-bond donors (Lipinski definition) is 1. The zero-order valence-electron chi connectivity index (χ0n) is 12.9. The number of non-ortho nitro benzene ring substituents is 2. The molecule has 0 aliphatic heterocycles. The van der Waals surface area contributed by atoms with Gasteiger partial charge in [-0.15, -0.1) is 0 Å². The topological polar surface area (TPSA) is 106 Å². The third-order valence-corrected chi connectivity index (χ3v) is 4.21. The molecule has 25 heavy (non-hydrogen) atoms. The molecule has 2 aromatic heterocycles. The number of aromatic amines is 1. The van der Waals surface area contributed by atoms with E-state index in [1.807, 2.05) is 41.9 Å². The summed E-state index contributed by atoms with van der Waals surface area (Å²) in [5.74, 6) is 0. The van der Waals surface area contributed by atoms with E-state index in [0.717, 1.165) is 17.0 Å². The predicted octanol–water partition coefficient (Wildman–Crippen LogP) is 0.119. The first-order valence-electron chi connectivity index (χ1n) is 7.13. The van der Waals surface area contributed by atoms with Gasteiger partial charge in [-0.05, 0) is 12.1 Å². The number of nitrogens with one attached hydrogen (secondary N) is 1. The average molecular weight is 359 g/mol. The molecule has 0 saturated heterocycles. The lowest BCUT2D eigenvalue weighted by atomic mass is 10.1. The van der Waals surface area contributed by atoms with Gasteiger partial charge in [-0.25, -0.2) is 0 Å². The fourth-order valence-electron chi connectivity index (χ4n) is 3.18. The number of aromatic nitrogens is 2. The van der Waals surface area contributed by atoms with Gasteiger partial charge >= 0.3 is 0 Å². The van der Waals surface area contributed by atoms with E-state index < -0.39 is 9.85 Å². The van der Waals surface area contributed by atoms with Gasteiger partial charge in [0.25, 0.3) is 11.4 Å². The lowest BCUT2D eigenvalue weighted by molar-refractivity contribution is -0.616. The molecule has 9 heteroatoms. The number of H-pyrrole nitrogens is 1. The Morgan fingerprint density at radius 3 is 2.44 bits per heavy atom. The van der Waals surface area contributed by atoms with E-state index in [9.17, 15) is 20.2 Å². The number of nitro groups is 2. The van der Waals surface area contributed by atoms with Crippen LogP contribution in [0.15, 0.2) is 42.5 Å². The van der Waals surface area contributed by atoms with Crippen LogP contribution in [0.5, 0.6) is 0 Å². The predicted molar refractivity (Wildman–Crippen MR) is 87.8 cm³/mol. The molecule has 0 aliphatic rings. The molecule has 126 valence electrons.